The summed E-state index contributed by atoms with van der Waals surface area (Å²) in [6, 6.07) is 16.5. The molecule has 0 aliphatic rings. The number of amides is 1. The third-order valence-electron chi connectivity index (χ3n) is 3.43. The van der Waals surface area contributed by atoms with E-state index in [2.05, 4.69) is 0 Å². The molecule has 0 radical (unpaired) electrons. The maximum Gasteiger partial charge on any atom is 0.260 e. The first-order valence-electron chi connectivity index (χ1n) is 7.51. The highest BCUT2D eigenvalue weighted by molar-refractivity contribution is 7.89. The third kappa shape index (κ3) is 5.70. The van der Waals surface area contributed by atoms with Gasteiger partial charge in [-0.25, -0.2) is 8.42 Å². The summed E-state index contributed by atoms with van der Waals surface area (Å²) in [5, 5.41) is 0. The first kappa shape index (κ1) is 18.0. The number of carbonyl (C=O) groups excluding carboxylic acids is 1. The fourth-order valence-corrected chi connectivity index (χ4v) is 3.04. The maximum atomic E-state index is 12.2. The minimum atomic E-state index is -3.17. The van der Waals surface area contributed by atoms with Crippen LogP contribution in [0.15, 0.2) is 54.6 Å². The van der Waals surface area contributed by atoms with Crippen molar-refractivity contribution in [3.63, 3.8) is 0 Å². The SMILES string of the molecule is CN(Cc1ccccc1)C(=O)COc1ccccc1CS(C)(=O)=O. The topological polar surface area (TPSA) is 63.7 Å². The molecule has 0 fully saturated rings. The zero-order chi connectivity index (χ0) is 17.6. The zero-order valence-corrected chi connectivity index (χ0v) is 14.6. The monoisotopic (exact) mass is 347 g/mol. The van der Waals surface area contributed by atoms with Crippen molar-refractivity contribution in [2.24, 2.45) is 0 Å². The largest absolute Gasteiger partial charge is 0.483 e. The second kappa shape index (κ2) is 7.97. The lowest BCUT2D eigenvalue weighted by molar-refractivity contribution is -0.132. The van der Waals surface area contributed by atoms with Gasteiger partial charge < -0.3 is 9.64 Å². The maximum absolute atomic E-state index is 12.2. The first-order valence-corrected chi connectivity index (χ1v) is 9.57. The van der Waals surface area contributed by atoms with E-state index in [0.29, 0.717) is 17.9 Å². The number of nitrogens with zero attached hydrogens (tertiary/aromatic N) is 1. The van der Waals surface area contributed by atoms with Crippen LogP contribution in [-0.4, -0.2) is 39.1 Å². The zero-order valence-electron chi connectivity index (χ0n) is 13.8. The Morgan fingerprint density at radius 1 is 1.04 bits per heavy atom. The predicted octanol–water partition coefficient (Wildman–Crippen LogP) is 2.27. The molecule has 5 nitrogen and oxygen atoms in total. The Morgan fingerprint density at radius 3 is 2.33 bits per heavy atom. The van der Waals surface area contributed by atoms with Crippen LogP contribution in [0.2, 0.25) is 0 Å². The lowest BCUT2D eigenvalue weighted by atomic mass is 10.2. The van der Waals surface area contributed by atoms with Crippen molar-refractivity contribution in [1.29, 1.82) is 0 Å². The minimum absolute atomic E-state index is 0.114. The van der Waals surface area contributed by atoms with Crippen molar-refractivity contribution in [3.05, 3.63) is 65.7 Å². The molecule has 1 amide bonds. The minimum Gasteiger partial charge on any atom is -0.483 e. The number of hydrogen-bond acceptors (Lipinski definition) is 4. The van der Waals surface area contributed by atoms with E-state index < -0.39 is 9.84 Å². The van der Waals surface area contributed by atoms with Crippen LogP contribution in [0.25, 0.3) is 0 Å². The summed E-state index contributed by atoms with van der Waals surface area (Å²) in [6.45, 7) is 0.359. The molecule has 128 valence electrons. The third-order valence-corrected chi connectivity index (χ3v) is 4.27. The summed E-state index contributed by atoms with van der Waals surface area (Å²) in [5.41, 5.74) is 1.59. The molecule has 0 bridgehead atoms. The van der Waals surface area contributed by atoms with E-state index >= 15 is 0 Å². The van der Waals surface area contributed by atoms with E-state index in [4.69, 9.17) is 4.74 Å². The molecule has 6 heteroatoms. The van der Waals surface area contributed by atoms with E-state index in [-0.39, 0.29) is 18.3 Å². The number of sulfone groups is 1. The van der Waals surface area contributed by atoms with Gasteiger partial charge in [0, 0.05) is 25.4 Å². The molecule has 0 aliphatic carbocycles. The number of carbonyl (C=O) groups is 1. The smallest absolute Gasteiger partial charge is 0.260 e. The summed E-state index contributed by atoms with van der Waals surface area (Å²) in [6.07, 6.45) is 1.17. The summed E-state index contributed by atoms with van der Waals surface area (Å²) in [4.78, 5) is 13.8. The van der Waals surface area contributed by atoms with Gasteiger partial charge in [0.25, 0.3) is 5.91 Å². The Balaban J connectivity index is 1.96. The number of rotatable bonds is 7. The quantitative estimate of drug-likeness (QED) is 0.771. The normalized spacial score (nSPS) is 11.1. The Labute approximate surface area is 142 Å². The fourth-order valence-electron chi connectivity index (χ4n) is 2.24. The lowest BCUT2D eigenvalue weighted by Crippen LogP contribution is -2.31. The van der Waals surface area contributed by atoms with Crippen LogP contribution in [-0.2, 0) is 26.9 Å². The number of likely N-dealkylation sites (N-methyl/N-ethyl adjacent to an activating group) is 1. The van der Waals surface area contributed by atoms with E-state index in [1.807, 2.05) is 30.3 Å². The van der Waals surface area contributed by atoms with Crippen LogP contribution < -0.4 is 4.74 Å². The van der Waals surface area contributed by atoms with Crippen molar-refractivity contribution in [2.45, 2.75) is 12.3 Å². The van der Waals surface area contributed by atoms with Crippen molar-refractivity contribution in [1.82, 2.24) is 4.90 Å². The van der Waals surface area contributed by atoms with Crippen LogP contribution in [0.4, 0.5) is 0 Å². The number of para-hydroxylation sites is 1. The highest BCUT2D eigenvalue weighted by atomic mass is 32.2. The molecule has 2 rings (SSSR count). The van der Waals surface area contributed by atoms with E-state index in [1.165, 1.54) is 6.26 Å². The van der Waals surface area contributed by atoms with Crippen LogP contribution in [0.3, 0.4) is 0 Å². The van der Waals surface area contributed by atoms with Crippen molar-refractivity contribution >= 4 is 15.7 Å². The van der Waals surface area contributed by atoms with E-state index in [9.17, 15) is 13.2 Å². The van der Waals surface area contributed by atoms with Gasteiger partial charge in [-0.3, -0.25) is 4.79 Å². The van der Waals surface area contributed by atoms with Gasteiger partial charge in [0.05, 0.1) is 5.75 Å². The molecule has 0 saturated carbocycles. The van der Waals surface area contributed by atoms with Gasteiger partial charge in [-0.05, 0) is 11.6 Å². The molecule has 0 unspecified atom stereocenters. The number of ether oxygens (including phenoxy) is 1. The van der Waals surface area contributed by atoms with Gasteiger partial charge in [-0.1, -0.05) is 48.5 Å². The molecule has 24 heavy (non-hydrogen) atoms. The summed E-state index contributed by atoms with van der Waals surface area (Å²) in [7, 11) is -1.46. The van der Waals surface area contributed by atoms with Gasteiger partial charge in [-0.15, -0.1) is 0 Å². The van der Waals surface area contributed by atoms with Crippen LogP contribution in [0.1, 0.15) is 11.1 Å². The summed E-state index contributed by atoms with van der Waals surface area (Å²) in [5.74, 6) is 0.134. The number of hydrogen-bond donors (Lipinski definition) is 0. The Bertz CT molecular complexity index is 788. The average molecular weight is 347 g/mol. The highest BCUT2D eigenvalue weighted by Crippen LogP contribution is 2.20. The molecule has 0 aliphatic heterocycles. The van der Waals surface area contributed by atoms with Crippen LogP contribution in [0.5, 0.6) is 5.75 Å². The van der Waals surface area contributed by atoms with E-state index in [1.54, 1.807) is 36.2 Å². The molecule has 2 aromatic rings. The highest BCUT2D eigenvalue weighted by Gasteiger charge is 2.13. The van der Waals surface area contributed by atoms with E-state index in [0.717, 1.165) is 5.56 Å². The molecule has 0 aromatic heterocycles. The molecule has 0 saturated heterocycles. The molecular formula is C18H21NO4S. The lowest BCUT2D eigenvalue weighted by Gasteiger charge is -2.18. The average Bonchev–Trinajstić information content (AvgIpc) is 2.53. The Hall–Kier alpha value is -2.34. The van der Waals surface area contributed by atoms with Gasteiger partial charge in [0.15, 0.2) is 16.4 Å². The molecule has 2 aromatic carbocycles. The number of benzene rings is 2. The second-order valence-electron chi connectivity index (χ2n) is 5.70. The van der Waals surface area contributed by atoms with Gasteiger partial charge in [-0.2, -0.15) is 0 Å². The van der Waals surface area contributed by atoms with Crippen LogP contribution in [0, 0.1) is 0 Å². The Morgan fingerprint density at radius 2 is 1.67 bits per heavy atom. The second-order valence-corrected chi connectivity index (χ2v) is 7.84. The fraction of sp³-hybridized carbons (Fsp3) is 0.278. The molecule has 0 heterocycles. The summed E-state index contributed by atoms with van der Waals surface area (Å²) < 4.78 is 28.5. The van der Waals surface area contributed by atoms with Crippen molar-refractivity contribution < 1.29 is 17.9 Å². The molecule has 0 atom stereocenters. The van der Waals surface area contributed by atoms with Crippen molar-refractivity contribution in [3.8, 4) is 5.75 Å². The standard InChI is InChI=1S/C18H21NO4S/c1-19(12-15-8-4-3-5-9-15)18(20)13-23-17-11-7-6-10-16(17)14-24(2,21)22/h3-11H,12-14H2,1-2H3. The first-order chi connectivity index (χ1) is 11.3. The van der Waals surface area contributed by atoms with Crippen LogP contribution >= 0.6 is 0 Å². The molecule has 0 spiro atoms. The van der Waals surface area contributed by atoms with Gasteiger partial charge >= 0.3 is 0 Å². The van der Waals surface area contributed by atoms with Gasteiger partial charge in [0.1, 0.15) is 5.75 Å². The molecular weight excluding hydrogens is 326 g/mol. The predicted molar refractivity (Wildman–Crippen MR) is 93.4 cm³/mol. The van der Waals surface area contributed by atoms with Crippen molar-refractivity contribution in [2.75, 3.05) is 19.9 Å². The van der Waals surface area contributed by atoms with Gasteiger partial charge in [0.2, 0.25) is 0 Å². The summed E-state index contributed by atoms with van der Waals surface area (Å²) >= 11 is 0. The Kier molecular flexibility index (Phi) is 5.98. The molecule has 0 N–H and O–H groups in total.